The van der Waals surface area contributed by atoms with Gasteiger partial charge in [-0.1, -0.05) is 34.6 Å². The van der Waals surface area contributed by atoms with Crippen LogP contribution in [-0.4, -0.2) is 27.5 Å². The van der Waals surface area contributed by atoms with Crippen LogP contribution in [0.4, 0.5) is 11.5 Å². The minimum absolute atomic E-state index is 0.0133. The lowest BCUT2D eigenvalue weighted by Gasteiger charge is -2.20. The molecule has 0 saturated heterocycles. The average Bonchev–Trinajstić information content (AvgIpc) is 2.33. The van der Waals surface area contributed by atoms with Crippen molar-refractivity contribution in [3.05, 3.63) is 15.9 Å². The van der Waals surface area contributed by atoms with Crippen LogP contribution in [0.25, 0.3) is 0 Å². The predicted octanol–water partition coefficient (Wildman–Crippen LogP) is 3.54. The van der Waals surface area contributed by atoms with Crippen molar-refractivity contribution in [3.63, 3.8) is 0 Å². The second kappa shape index (κ2) is 6.89. The van der Waals surface area contributed by atoms with Crippen molar-refractivity contribution in [2.75, 3.05) is 11.9 Å². The number of ether oxygens (including phenoxy) is 1. The Balaban J connectivity index is 3.44. The lowest BCUT2D eigenvalue weighted by molar-refractivity contribution is -0.385. The largest absolute Gasteiger partial charge is 0.472 e. The molecule has 7 nitrogen and oxygen atoms in total. The molecule has 0 saturated carbocycles. The lowest BCUT2D eigenvalue weighted by atomic mass is 9.95. The Hall–Kier alpha value is -1.92. The maximum Gasteiger partial charge on any atom is 0.372 e. The maximum atomic E-state index is 11.4. The third-order valence-corrected chi connectivity index (χ3v) is 2.68. The van der Waals surface area contributed by atoms with Gasteiger partial charge in [-0.15, -0.1) is 0 Å². The molecule has 0 atom stereocenters. The third kappa shape index (κ3) is 4.82. The van der Waals surface area contributed by atoms with E-state index in [1.165, 1.54) is 0 Å². The van der Waals surface area contributed by atoms with E-state index < -0.39 is 4.92 Å². The lowest BCUT2D eigenvalue weighted by Crippen LogP contribution is -2.21. The van der Waals surface area contributed by atoms with Crippen LogP contribution >= 0.6 is 0 Å². The quantitative estimate of drug-likeness (QED) is 0.638. The number of hydrogen-bond acceptors (Lipinski definition) is 6. The molecule has 0 spiro atoms. The smallest absolute Gasteiger partial charge is 0.372 e. The molecule has 0 unspecified atom stereocenters. The van der Waals surface area contributed by atoms with Crippen molar-refractivity contribution < 1.29 is 9.66 Å². The first-order valence-electron chi connectivity index (χ1n) is 7.48. The topological polar surface area (TPSA) is 90.2 Å². The molecule has 7 heteroatoms. The van der Waals surface area contributed by atoms with Gasteiger partial charge in [-0.25, -0.2) is 4.98 Å². The van der Waals surface area contributed by atoms with Crippen LogP contribution in [0.15, 0.2) is 0 Å². The fraction of sp³-hybridized carbons (Fsp3) is 0.733. The van der Waals surface area contributed by atoms with E-state index >= 15 is 0 Å². The van der Waals surface area contributed by atoms with E-state index in [1.54, 1.807) is 0 Å². The first kappa shape index (κ1) is 18.1. The van der Waals surface area contributed by atoms with Gasteiger partial charge in [0.05, 0.1) is 11.5 Å². The van der Waals surface area contributed by atoms with Gasteiger partial charge in [0.2, 0.25) is 5.82 Å². The molecule has 124 valence electrons. The number of hydrogen-bond donors (Lipinski definition) is 1. The molecule has 0 aromatic carbocycles. The molecule has 0 radical (unpaired) electrons. The number of rotatable bonds is 6. The molecular formula is C15H26N4O3. The summed E-state index contributed by atoms with van der Waals surface area (Å²) in [7, 11) is 0. The molecule has 1 rings (SSSR count). The van der Waals surface area contributed by atoms with Gasteiger partial charge in [-0.05, 0) is 19.8 Å². The molecule has 1 aromatic rings. The molecule has 1 N–H and O–H groups in total. The number of nitrogens with one attached hydrogen (secondary N) is 1. The van der Waals surface area contributed by atoms with Gasteiger partial charge in [0.25, 0.3) is 5.88 Å². The Morgan fingerprint density at radius 1 is 1.23 bits per heavy atom. The Morgan fingerprint density at radius 3 is 2.23 bits per heavy atom. The van der Waals surface area contributed by atoms with Gasteiger partial charge < -0.3 is 10.1 Å². The Morgan fingerprint density at radius 2 is 1.82 bits per heavy atom. The second-order valence-electron chi connectivity index (χ2n) is 7.06. The number of nitro groups is 1. The summed E-state index contributed by atoms with van der Waals surface area (Å²) in [4.78, 5) is 19.6. The summed E-state index contributed by atoms with van der Waals surface area (Å²) >= 11 is 0. The summed E-state index contributed by atoms with van der Waals surface area (Å²) in [6.07, 6.45) is 0. The molecule has 0 aliphatic rings. The minimum atomic E-state index is -0.493. The summed E-state index contributed by atoms with van der Waals surface area (Å²) in [6, 6.07) is 0.0133. The van der Waals surface area contributed by atoms with E-state index in [-0.39, 0.29) is 34.8 Å². The summed E-state index contributed by atoms with van der Waals surface area (Å²) in [6.45, 7) is 14.0. The fourth-order valence-corrected chi connectivity index (χ4v) is 1.65. The average molecular weight is 310 g/mol. The van der Waals surface area contributed by atoms with Crippen LogP contribution in [-0.2, 0) is 5.41 Å². The highest BCUT2D eigenvalue weighted by molar-refractivity contribution is 5.62. The molecular weight excluding hydrogens is 284 g/mol. The van der Waals surface area contributed by atoms with Crippen molar-refractivity contribution in [3.8, 4) is 5.88 Å². The molecule has 0 amide bonds. The Labute approximate surface area is 131 Å². The van der Waals surface area contributed by atoms with E-state index in [1.807, 2.05) is 48.5 Å². The zero-order chi connectivity index (χ0) is 17.1. The summed E-state index contributed by atoms with van der Waals surface area (Å²) in [5.74, 6) is 0.995. The molecule has 22 heavy (non-hydrogen) atoms. The van der Waals surface area contributed by atoms with Crippen LogP contribution < -0.4 is 10.1 Å². The fourth-order valence-electron chi connectivity index (χ4n) is 1.65. The second-order valence-corrected chi connectivity index (χ2v) is 7.06. The standard InChI is InChI=1S/C15H26N4O3/c1-9(2)8-22-13-11(19(20)21)12(16-10(3)4)17-14(18-13)15(5,6)7/h9-10H,8H2,1-7H3,(H,16,17,18). The van der Waals surface area contributed by atoms with Crippen molar-refractivity contribution in [2.24, 2.45) is 5.92 Å². The molecule has 0 fully saturated rings. The van der Waals surface area contributed by atoms with Crippen LogP contribution in [0.5, 0.6) is 5.88 Å². The molecule has 0 aliphatic carbocycles. The highest BCUT2D eigenvalue weighted by Crippen LogP contribution is 2.35. The Kier molecular flexibility index (Phi) is 5.68. The van der Waals surface area contributed by atoms with E-state index in [0.717, 1.165) is 0 Å². The van der Waals surface area contributed by atoms with E-state index in [9.17, 15) is 10.1 Å². The summed E-state index contributed by atoms with van der Waals surface area (Å²) in [5, 5.41) is 14.5. The van der Waals surface area contributed by atoms with Gasteiger partial charge in [0.15, 0.2) is 0 Å². The summed E-state index contributed by atoms with van der Waals surface area (Å²) in [5.41, 5.74) is -0.541. The van der Waals surface area contributed by atoms with E-state index in [0.29, 0.717) is 12.4 Å². The summed E-state index contributed by atoms with van der Waals surface area (Å²) < 4.78 is 5.59. The van der Waals surface area contributed by atoms with Gasteiger partial charge >= 0.3 is 5.69 Å². The van der Waals surface area contributed by atoms with Crippen molar-refractivity contribution in [2.45, 2.75) is 59.9 Å². The SMILES string of the molecule is CC(C)COc1nc(C(C)(C)C)nc(NC(C)C)c1[N+](=O)[O-]. The van der Waals surface area contributed by atoms with Crippen LogP contribution in [0.3, 0.4) is 0 Å². The zero-order valence-electron chi connectivity index (χ0n) is 14.4. The molecule has 1 aromatic heterocycles. The Bertz CT molecular complexity index is 536. The van der Waals surface area contributed by atoms with Crippen LogP contribution in [0.1, 0.15) is 54.3 Å². The van der Waals surface area contributed by atoms with Crippen molar-refractivity contribution in [1.29, 1.82) is 0 Å². The van der Waals surface area contributed by atoms with Gasteiger partial charge in [0, 0.05) is 11.5 Å². The number of nitrogens with zero attached hydrogens (tertiary/aromatic N) is 3. The number of aromatic nitrogens is 2. The molecule has 0 aliphatic heterocycles. The predicted molar refractivity (Wildman–Crippen MR) is 86.5 cm³/mol. The van der Waals surface area contributed by atoms with Gasteiger partial charge in [0.1, 0.15) is 5.82 Å². The van der Waals surface area contributed by atoms with E-state index in [4.69, 9.17) is 4.74 Å². The normalized spacial score (nSPS) is 11.9. The third-order valence-electron chi connectivity index (χ3n) is 2.68. The zero-order valence-corrected chi connectivity index (χ0v) is 14.4. The highest BCUT2D eigenvalue weighted by Gasteiger charge is 2.30. The highest BCUT2D eigenvalue weighted by atomic mass is 16.6. The monoisotopic (exact) mass is 310 g/mol. The van der Waals surface area contributed by atoms with Crippen LogP contribution in [0.2, 0.25) is 0 Å². The van der Waals surface area contributed by atoms with Crippen molar-refractivity contribution >= 4 is 11.5 Å². The first-order valence-corrected chi connectivity index (χ1v) is 7.48. The van der Waals surface area contributed by atoms with Gasteiger partial charge in [-0.3, -0.25) is 10.1 Å². The maximum absolute atomic E-state index is 11.4. The number of anilines is 1. The van der Waals surface area contributed by atoms with Crippen LogP contribution in [0, 0.1) is 16.0 Å². The molecule has 1 heterocycles. The minimum Gasteiger partial charge on any atom is -0.472 e. The van der Waals surface area contributed by atoms with Crippen molar-refractivity contribution in [1.82, 2.24) is 9.97 Å². The first-order chi connectivity index (χ1) is 10.0. The van der Waals surface area contributed by atoms with E-state index in [2.05, 4.69) is 15.3 Å². The van der Waals surface area contributed by atoms with Gasteiger partial charge in [-0.2, -0.15) is 4.98 Å². The molecule has 0 bridgehead atoms.